The number of hydrogen-bond acceptors (Lipinski definition) is 2. The third-order valence-corrected chi connectivity index (χ3v) is 3.74. The van der Waals surface area contributed by atoms with Crippen LogP contribution in [0.2, 0.25) is 0 Å². The number of H-pyrrole nitrogens is 1. The molecule has 4 heteroatoms. The lowest BCUT2D eigenvalue weighted by Gasteiger charge is -2.40. The van der Waals surface area contributed by atoms with Crippen LogP contribution in [0.5, 0.6) is 0 Å². The molecule has 1 aliphatic rings. The first-order valence-corrected chi connectivity index (χ1v) is 5.67. The van der Waals surface area contributed by atoms with E-state index in [4.69, 9.17) is 12.2 Å². The second kappa shape index (κ2) is 2.92. The molecular formula is C11H13N3S. The molecule has 2 aromatic heterocycles. The van der Waals surface area contributed by atoms with E-state index in [2.05, 4.69) is 21.5 Å². The second-order valence-corrected chi connectivity index (χ2v) is 4.90. The Hall–Kier alpha value is -1.16. The average Bonchev–Trinajstić information content (AvgIpc) is 2.51. The Labute approximate surface area is 93.1 Å². The summed E-state index contributed by atoms with van der Waals surface area (Å²) in [6.07, 6.45) is 7.40. The van der Waals surface area contributed by atoms with Crippen LogP contribution in [0.3, 0.4) is 0 Å². The van der Waals surface area contributed by atoms with Gasteiger partial charge in [0.15, 0.2) is 4.77 Å². The highest BCUT2D eigenvalue weighted by atomic mass is 32.1. The molecule has 0 unspecified atom stereocenters. The van der Waals surface area contributed by atoms with Gasteiger partial charge in [0.25, 0.3) is 0 Å². The number of aromatic nitrogens is 3. The molecule has 3 rings (SSSR count). The van der Waals surface area contributed by atoms with E-state index in [1.165, 1.54) is 24.8 Å². The van der Waals surface area contributed by atoms with Gasteiger partial charge in [0.1, 0.15) is 0 Å². The minimum Gasteiger partial charge on any atom is -0.329 e. The van der Waals surface area contributed by atoms with Crippen molar-refractivity contribution in [2.45, 2.75) is 31.7 Å². The van der Waals surface area contributed by atoms with Gasteiger partial charge in [-0.3, -0.25) is 4.98 Å². The van der Waals surface area contributed by atoms with Crippen molar-refractivity contribution in [3.63, 3.8) is 0 Å². The fourth-order valence-electron chi connectivity index (χ4n) is 2.41. The highest BCUT2D eigenvalue weighted by molar-refractivity contribution is 7.71. The van der Waals surface area contributed by atoms with Gasteiger partial charge in [0.05, 0.1) is 17.2 Å². The van der Waals surface area contributed by atoms with Gasteiger partial charge in [-0.1, -0.05) is 0 Å². The molecule has 1 N–H and O–H groups in total. The van der Waals surface area contributed by atoms with Gasteiger partial charge in [-0.25, -0.2) is 0 Å². The van der Waals surface area contributed by atoms with Crippen LogP contribution in [0.1, 0.15) is 26.2 Å². The standard InChI is InChI=1S/C11H13N3S/c1-11(4-2-5-11)14-9-3-6-12-7-8(9)13-10(14)15/h3,6-7H,2,4-5H2,1H3,(H,13,15). The first-order valence-electron chi connectivity index (χ1n) is 5.26. The van der Waals surface area contributed by atoms with Gasteiger partial charge >= 0.3 is 0 Å². The summed E-state index contributed by atoms with van der Waals surface area (Å²) in [5, 5.41) is 0. The Morgan fingerprint density at radius 3 is 3.00 bits per heavy atom. The molecular weight excluding hydrogens is 206 g/mol. The second-order valence-electron chi connectivity index (χ2n) is 4.51. The topological polar surface area (TPSA) is 33.6 Å². The SMILES string of the molecule is CC1(n2c(=S)[nH]c3cnccc32)CCC1. The highest BCUT2D eigenvalue weighted by Gasteiger charge is 2.35. The number of aromatic amines is 1. The number of fused-ring (bicyclic) bond motifs is 1. The number of rotatable bonds is 1. The van der Waals surface area contributed by atoms with Crippen LogP contribution in [-0.4, -0.2) is 14.5 Å². The monoisotopic (exact) mass is 219 g/mol. The summed E-state index contributed by atoms with van der Waals surface area (Å²) in [6.45, 7) is 2.28. The molecule has 1 aliphatic carbocycles. The van der Waals surface area contributed by atoms with Crippen molar-refractivity contribution in [3.8, 4) is 0 Å². The molecule has 0 aliphatic heterocycles. The number of nitrogens with one attached hydrogen (secondary N) is 1. The summed E-state index contributed by atoms with van der Waals surface area (Å²) in [5.74, 6) is 0. The minimum atomic E-state index is 0.219. The van der Waals surface area contributed by atoms with E-state index < -0.39 is 0 Å². The number of nitrogens with zero attached hydrogens (tertiary/aromatic N) is 2. The molecule has 1 fully saturated rings. The summed E-state index contributed by atoms with van der Waals surface area (Å²) >= 11 is 5.38. The highest BCUT2D eigenvalue weighted by Crippen LogP contribution is 2.40. The van der Waals surface area contributed by atoms with Gasteiger partial charge < -0.3 is 9.55 Å². The molecule has 0 saturated heterocycles. The van der Waals surface area contributed by atoms with Crippen LogP contribution in [0, 0.1) is 4.77 Å². The molecule has 0 bridgehead atoms. The summed E-state index contributed by atoms with van der Waals surface area (Å²) in [5.41, 5.74) is 2.43. The van der Waals surface area contributed by atoms with Crippen LogP contribution in [-0.2, 0) is 5.54 Å². The van der Waals surface area contributed by atoms with Crippen molar-refractivity contribution in [2.24, 2.45) is 0 Å². The molecule has 0 radical (unpaired) electrons. The largest absolute Gasteiger partial charge is 0.329 e. The zero-order valence-corrected chi connectivity index (χ0v) is 9.47. The molecule has 0 aromatic carbocycles. The molecule has 1 saturated carbocycles. The van der Waals surface area contributed by atoms with Crippen molar-refractivity contribution in [3.05, 3.63) is 23.2 Å². The molecule has 2 aromatic rings. The van der Waals surface area contributed by atoms with E-state index in [0.717, 1.165) is 10.3 Å². The smallest absolute Gasteiger partial charge is 0.178 e. The number of imidazole rings is 1. The first-order chi connectivity index (χ1) is 7.21. The van der Waals surface area contributed by atoms with Gasteiger partial charge in [-0.05, 0) is 44.5 Å². The first kappa shape index (κ1) is 9.09. The Bertz CT molecular complexity index is 562. The normalized spacial score (nSPS) is 19.0. The van der Waals surface area contributed by atoms with E-state index in [1.807, 2.05) is 18.5 Å². The van der Waals surface area contributed by atoms with Crippen molar-refractivity contribution < 1.29 is 0 Å². The van der Waals surface area contributed by atoms with Gasteiger partial charge in [-0.15, -0.1) is 0 Å². The third-order valence-electron chi connectivity index (χ3n) is 3.45. The quantitative estimate of drug-likeness (QED) is 0.748. The van der Waals surface area contributed by atoms with E-state index in [9.17, 15) is 0 Å². The predicted molar refractivity (Wildman–Crippen MR) is 62.4 cm³/mol. The molecule has 15 heavy (non-hydrogen) atoms. The number of pyridine rings is 1. The lowest BCUT2D eigenvalue weighted by Crippen LogP contribution is -2.37. The van der Waals surface area contributed by atoms with E-state index in [-0.39, 0.29) is 5.54 Å². The minimum absolute atomic E-state index is 0.219. The van der Waals surface area contributed by atoms with E-state index >= 15 is 0 Å². The maximum atomic E-state index is 5.38. The Morgan fingerprint density at radius 2 is 2.33 bits per heavy atom. The third kappa shape index (κ3) is 1.17. The predicted octanol–water partition coefficient (Wildman–Crippen LogP) is 2.99. The summed E-state index contributed by atoms with van der Waals surface area (Å²) in [6, 6.07) is 2.03. The molecule has 0 amide bonds. The van der Waals surface area contributed by atoms with E-state index in [0.29, 0.717) is 0 Å². The summed E-state index contributed by atoms with van der Waals surface area (Å²) in [4.78, 5) is 7.32. The zero-order valence-electron chi connectivity index (χ0n) is 8.66. The molecule has 3 nitrogen and oxygen atoms in total. The maximum Gasteiger partial charge on any atom is 0.178 e. The fraction of sp³-hybridized carbons (Fsp3) is 0.455. The van der Waals surface area contributed by atoms with Crippen LogP contribution in [0.4, 0.5) is 0 Å². The maximum absolute atomic E-state index is 5.38. The Balaban J connectivity index is 2.34. The van der Waals surface area contributed by atoms with Crippen molar-refractivity contribution in [1.29, 1.82) is 0 Å². The van der Waals surface area contributed by atoms with E-state index in [1.54, 1.807) is 0 Å². The fourth-order valence-corrected chi connectivity index (χ4v) is 2.84. The van der Waals surface area contributed by atoms with Gasteiger partial charge in [-0.2, -0.15) is 0 Å². The van der Waals surface area contributed by atoms with Crippen LogP contribution in [0.25, 0.3) is 11.0 Å². The molecule has 0 atom stereocenters. The van der Waals surface area contributed by atoms with Crippen molar-refractivity contribution in [1.82, 2.24) is 14.5 Å². The Kier molecular flexibility index (Phi) is 1.77. The van der Waals surface area contributed by atoms with Crippen LogP contribution in [0.15, 0.2) is 18.5 Å². The lowest BCUT2D eigenvalue weighted by molar-refractivity contribution is 0.172. The van der Waals surface area contributed by atoms with Crippen molar-refractivity contribution >= 4 is 23.3 Å². The summed E-state index contributed by atoms with van der Waals surface area (Å²) < 4.78 is 3.07. The summed E-state index contributed by atoms with van der Waals surface area (Å²) in [7, 11) is 0. The molecule has 78 valence electrons. The van der Waals surface area contributed by atoms with Crippen LogP contribution >= 0.6 is 12.2 Å². The Morgan fingerprint density at radius 1 is 1.53 bits per heavy atom. The number of hydrogen-bond donors (Lipinski definition) is 1. The lowest BCUT2D eigenvalue weighted by atomic mass is 9.78. The molecule has 2 heterocycles. The van der Waals surface area contributed by atoms with Gasteiger partial charge in [0, 0.05) is 11.7 Å². The van der Waals surface area contributed by atoms with Crippen molar-refractivity contribution in [2.75, 3.05) is 0 Å². The zero-order chi connectivity index (χ0) is 10.5. The van der Waals surface area contributed by atoms with Gasteiger partial charge in [0.2, 0.25) is 0 Å². The average molecular weight is 219 g/mol. The van der Waals surface area contributed by atoms with Crippen LogP contribution < -0.4 is 0 Å². The molecule has 0 spiro atoms.